The fourth-order valence-electron chi connectivity index (χ4n) is 2.81. The Morgan fingerprint density at radius 1 is 1.24 bits per heavy atom. The molecule has 0 unspecified atom stereocenters. The summed E-state index contributed by atoms with van der Waals surface area (Å²) in [6, 6.07) is 9.99. The Kier molecular flexibility index (Phi) is 3.41. The minimum absolute atomic E-state index is 0.199. The second kappa shape index (κ2) is 5.24. The lowest BCUT2D eigenvalue weighted by Gasteiger charge is -2.38. The first kappa shape index (κ1) is 13.7. The van der Waals surface area contributed by atoms with E-state index in [2.05, 4.69) is 5.32 Å². The van der Waals surface area contributed by atoms with E-state index in [0.717, 1.165) is 17.3 Å². The van der Waals surface area contributed by atoms with E-state index in [9.17, 15) is 14.7 Å². The average molecular weight is 286 g/mol. The highest BCUT2D eigenvalue weighted by Gasteiger charge is 2.45. The molecular formula is C16H18N2O3. The number of carboxylic acids is 1. The van der Waals surface area contributed by atoms with Crippen molar-refractivity contribution in [3.8, 4) is 0 Å². The van der Waals surface area contributed by atoms with Crippen LogP contribution in [0, 0.1) is 0 Å². The van der Waals surface area contributed by atoms with Crippen LogP contribution in [0.5, 0.6) is 0 Å². The Bertz CT molecular complexity index is 686. The van der Waals surface area contributed by atoms with Gasteiger partial charge in [0.15, 0.2) is 0 Å². The van der Waals surface area contributed by atoms with Gasteiger partial charge in [-0.3, -0.25) is 4.79 Å². The third kappa shape index (κ3) is 2.51. The van der Waals surface area contributed by atoms with Gasteiger partial charge in [-0.15, -0.1) is 0 Å². The number of nitrogens with one attached hydrogen (secondary N) is 1. The minimum Gasteiger partial charge on any atom is -0.480 e. The number of amides is 1. The number of nitrogens with zero attached hydrogens (tertiary/aromatic N) is 1. The summed E-state index contributed by atoms with van der Waals surface area (Å²) >= 11 is 0. The average Bonchev–Trinajstić information content (AvgIpc) is 2.83. The summed E-state index contributed by atoms with van der Waals surface area (Å²) in [6.07, 6.45) is 4.15. The van der Waals surface area contributed by atoms with E-state index in [0.29, 0.717) is 19.4 Å². The van der Waals surface area contributed by atoms with Crippen LogP contribution in [-0.4, -0.2) is 27.1 Å². The van der Waals surface area contributed by atoms with Gasteiger partial charge in [-0.2, -0.15) is 0 Å². The van der Waals surface area contributed by atoms with E-state index < -0.39 is 11.5 Å². The molecule has 0 bridgehead atoms. The zero-order valence-corrected chi connectivity index (χ0v) is 11.7. The Labute approximate surface area is 122 Å². The summed E-state index contributed by atoms with van der Waals surface area (Å²) in [6.45, 7) is 0.551. The quantitative estimate of drug-likeness (QED) is 0.884. The molecule has 1 heterocycles. The van der Waals surface area contributed by atoms with Crippen molar-refractivity contribution >= 4 is 22.8 Å². The predicted molar refractivity (Wildman–Crippen MR) is 78.9 cm³/mol. The highest BCUT2D eigenvalue weighted by molar-refractivity contribution is 5.88. The number of hydrogen-bond acceptors (Lipinski definition) is 2. The number of aromatic nitrogens is 1. The SMILES string of the molecule is O=C(CCn1ccc2ccccc21)NC1(C(=O)O)CCC1. The number of para-hydroxylation sites is 1. The lowest BCUT2D eigenvalue weighted by atomic mass is 9.76. The summed E-state index contributed by atoms with van der Waals surface area (Å²) in [5.74, 6) is -1.12. The maximum absolute atomic E-state index is 12.0. The van der Waals surface area contributed by atoms with E-state index >= 15 is 0 Å². The second-order valence-electron chi connectivity index (χ2n) is 5.61. The van der Waals surface area contributed by atoms with E-state index in [1.807, 2.05) is 41.1 Å². The number of carbonyl (C=O) groups excluding carboxylic acids is 1. The molecule has 5 nitrogen and oxygen atoms in total. The van der Waals surface area contributed by atoms with Crippen molar-refractivity contribution in [2.24, 2.45) is 0 Å². The highest BCUT2D eigenvalue weighted by atomic mass is 16.4. The monoisotopic (exact) mass is 286 g/mol. The van der Waals surface area contributed by atoms with Crippen molar-refractivity contribution in [2.45, 2.75) is 37.8 Å². The molecule has 21 heavy (non-hydrogen) atoms. The molecule has 3 rings (SSSR count). The molecule has 110 valence electrons. The largest absolute Gasteiger partial charge is 0.480 e. The van der Waals surface area contributed by atoms with Crippen LogP contribution in [0.3, 0.4) is 0 Å². The van der Waals surface area contributed by atoms with Crippen LogP contribution < -0.4 is 5.32 Å². The lowest BCUT2D eigenvalue weighted by molar-refractivity contribution is -0.151. The summed E-state index contributed by atoms with van der Waals surface area (Å²) < 4.78 is 2.02. The lowest BCUT2D eigenvalue weighted by Crippen LogP contribution is -2.59. The normalized spacial score (nSPS) is 16.4. The van der Waals surface area contributed by atoms with Crippen molar-refractivity contribution in [1.29, 1.82) is 0 Å². The number of fused-ring (bicyclic) bond motifs is 1. The smallest absolute Gasteiger partial charge is 0.329 e. The zero-order chi connectivity index (χ0) is 14.9. The number of hydrogen-bond donors (Lipinski definition) is 2. The molecule has 1 aromatic heterocycles. The van der Waals surface area contributed by atoms with Gasteiger partial charge >= 0.3 is 5.97 Å². The fourth-order valence-corrected chi connectivity index (χ4v) is 2.81. The van der Waals surface area contributed by atoms with Crippen molar-refractivity contribution in [3.63, 3.8) is 0 Å². The van der Waals surface area contributed by atoms with Crippen LogP contribution in [0.2, 0.25) is 0 Å². The maximum Gasteiger partial charge on any atom is 0.329 e. The van der Waals surface area contributed by atoms with Gasteiger partial charge in [0.25, 0.3) is 0 Å². The number of carbonyl (C=O) groups is 2. The molecule has 5 heteroatoms. The predicted octanol–water partition coefficient (Wildman–Crippen LogP) is 2.15. The van der Waals surface area contributed by atoms with Gasteiger partial charge in [-0.05, 0) is 36.8 Å². The fraction of sp³-hybridized carbons (Fsp3) is 0.375. The van der Waals surface area contributed by atoms with Gasteiger partial charge in [-0.1, -0.05) is 18.2 Å². The highest BCUT2D eigenvalue weighted by Crippen LogP contribution is 2.32. The van der Waals surface area contributed by atoms with Gasteiger partial charge in [0.1, 0.15) is 5.54 Å². The number of rotatable bonds is 5. The zero-order valence-electron chi connectivity index (χ0n) is 11.7. The number of aryl methyl sites for hydroxylation is 1. The molecule has 1 saturated carbocycles. The van der Waals surface area contributed by atoms with E-state index in [1.54, 1.807) is 0 Å². The van der Waals surface area contributed by atoms with Crippen LogP contribution in [0.15, 0.2) is 36.5 Å². The molecule has 0 spiro atoms. The van der Waals surface area contributed by atoms with Crippen molar-refractivity contribution in [2.75, 3.05) is 0 Å². The molecule has 0 atom stereocenters. The third-order valence-electron chi connectivity index (χ3n) is 4.26. The molecule has 2 aromatic rings. The number of carboxylic acid groups (broad SMARTS) is 1. The van der Waals surface area contributed by atoms with Crippen LogP contribution in [0.25, 0.3) is 10.9 Å². The summed E-state index contributed by atoms with van der Waals surface area (Å²) in [7, 11) is 0. The Hall–Kier alpha value is -2.30. The molecular weight excluding hydrogens is 268 g/mol. The van der Waals surface area contributed by atoms with Crippen LogP contribution in [0.4, 0.5) is 0 Å². The molecule has 1 fully saturated rings. The van der Waals surface area contributed by atoms with Gasteiger partial charge < -0.3 is 15.0 Å². The molecule has 1 aromatic carbocycles. The van der Waals surface area contributed by atoms with Gasteiger partial charge in [0.2, 0.25) is 5.91 Å². The van der Waals surface area contributed by atoms with Crippen LogP contribution in [-0.2, 0) is 16.1 Å². The topological polar surface area (TPSA) is 71.3 Å². The molecule has 1 aliphatic carbocycles. The van der Waals surface area contributed by atoms with Crippen molar-refractivity contribution < 1.29 is 14.7 Å². The van der Waals surface area contributed by atoms with Crippen molar-refractivity contribution in [3.05, 3.63) is 36.5 Å². The maximum atomic E-state index is 12.0. The first-order valence-electron chi connectivity index (χ1n) is 7.19. The van der Waals surface area contributed by atoms with Crippen LogP contribution >= 0.6 is 0 Å². The Balaban J connectivity index is 1.62. The minimum atomic E-state index is -1.02. The van der Waals surface area contributed by atoms with E-state index in [-0.39, 0.29) is 12.3 Å². The van der Waals surface area contributed by atoms with E-state index in [4.69, 9.17) is 0 Å². The van der Waals surface area contributed by atoms with E-state index in [1.165, 1.54) is 0 Å². The Morgan fingerprint density at radius 3 is 2.67 bits per heavy atom. The first-order chi connectivity index (χ1) is 10.1. The molecule has 1 amide bonds. The first-order valence-corrected chi connectivity index (χ1v) is 7.19. The van der Waals surface area contributed by atoms with Crippen molar-refractivity contribution in [1.82, 2.24) is 9.88 Å². The number of benzene rings is 1. The molecule has 0 saturated heterocycles. The molecule has 2 N–H and O–H groups in total. The second-order valence-corrected chi connectivity index (χ2v) is 5.61. The molecule has 1 aliphatic rings. The standard InChI is InChI=1S/C16H18N2O3/c19-14(17-16(15(20)21)8-3-9-16)7-11-18-10-6-12-4-1-2-5-13(12)18/h1-2,4-6,10H,3,7-9,11H2,(H,17,19)(H,20,21). The summed E-state index contributed by atoms with van der Waals surface area (Å²) in [5, 5.41) is 13.0. The molecule has 0 aliphatic heterocycles. The van der Waals surface area contributed by atoms with Crippen LogP contribution in [0.1, 0.15) is 25.7 Å². The number of aliphatic carboxylic acids is 1. The molecule has 0 radical (unpaired) electrons. The summed E-state index contributed by atoms with van der Waals surface area (Å²) in [4.78, 5) is 23.2. The third-order valence-corrected chi connectivity index (χ3v) is 4.26. The Morgan fingerprint density at radius 2 is 2.00 bits per heavy atom. The van der Waals surface area contributed by atoms with Gasteiger partial charge in [-0.25, -0.2) is 4.79 Å². The van der Waals surface area contributed by atoms with Gasteiger partial charge in [0.05, 0.1) is 0 Å². The van der Waals surface area contributed by atoms with Gasteiger partial charge in [0, 0.05) is 24.7 Å². The summed E-state index contributed by atoms with van der Waals surface area (Å²) in [5.41, 5.74) is 0.0671.